The van der Waals surface area contributed by atoms with Gasteiger partial charge in [-0.2, -0.15) is 0 Å². The third-order valence-electron chi connectivity index (χ3n) is 6.09. The Balaban J connectivity index is 1.50. The number of halogens is 1. The maximum Gasteiger partial charge on any atom is 0.165 e. The molecular formula is C27H25ClN2O3. The zero-order valence-corrected chi connectivity index (χ0v) is 19.1. The first-order valence-electron chi connectivity index (χ1n) is 11.0. The van der Waals surface area contributed by atoms with E-state index in [9.17, 15) is 4.79 Å². The highest BCUT2D eigenvalue weighted by Crippen LogP contribution is 2.41. The Bertz CT molecular complexity index is 1210. The molecule has 3 aromatic rings. The number of hydrogen-bond acceptors (Lipinski definition) is 5. The predicted octanol–water partition coefficient (Wildman–Crippen LogP) is 6.13. The number of anilines is 2. The van der Waals surface area contributed by atoms with E-state index < -0.39 is 0 Å². The summed E-state index contributed by atoms with van der Waals surface area (Å²) in [7, 11) is 1.65. The molecule has 2 atom stereocenters. The third-order valence-corrected chi connectivity index (χ3v) is 6.33. The highest BCUT2D eigenvalue weighted by atomic mass is 35.5. The van der Waals surface area contributed by atoms with Crippen LogP contribution in [0.4, 0.5) is 11.4 Å². The molecule has 0 saturated heterocycles. The highest BCUT2D eigenvalue weighted by molar-refractivity contribution is 6.30. The van der Waals surface area contributed by atoms with Gasteiger partial charge in [-0.15, -0.1) is 0 Å². The largest absolute Gasteiger partial charge is 0.489 e. The number of carbonyl (C=O) groups is 1. The molecule has 0 saturated carbocycles. The Labute approximate surface area is 198 Å². The minimum atomic E-state index is -0.302. The van der Waals surface area contributed by atoms with Crippen LogP contribution in [0.1, 0.15) is 30.0 Å². The molecule has 1 heterocycles. The van der Waals surface area contributed by atoms with Crippen molar-refractivity contribution in [2.24, 2.45) is 0 Å². The summed E-state index contributed by atoms with van der Waals surface area (Å²) in [4.78, 5) is 13.2. The topological polar surface area (TPSA) is 59.6 Å². The molecular weight excluding hydrogens is 436 g/mol. The van der Waals surface area contributed by atoms with Crippen LogP contribution in [0.2, 0.25) is 5.02 Å². The van der Waals surface area contributed by atoms with Crippen LogP contribution in [-0.2, 0) is 16.1 Å². The average molecular weight is 461 g/mol. The molecule has 0 aromatic heterocycles. The second-order valence-corrected chi connectivity index (χ2v) is 8.76. The Morgan fingerprint density at radius 1 is 0.970 bits per heavy atom. The maximum atomic E-state index is 13.2. The van der Waals surface area contributed by atoms with Gasteiger partial charge in [-0.3, -0.25) is 4.79 Å². The van der Waals surface area contributed by atoms with E-state index in [-0.39, 0.29) is 17.9 Å². The zero-order valence-electron chi connectivity index (χ0n) is 18.3. The molecule has 1 aliphatic heterocycles. The van der Waals surface area contributed by atoms with Crippen LogP contribution in [0.5, 0.6) is 5.75 Å². The fraction of sp³-hybridized carbons (Fsp3) is 0.222. The second kappa shape index (κ2) is 9.30. The van der Waals surface area contributed by atoms with Gasteiger partial charge in [-0.25, -0.2) is 0 Å². The summed E-state index contributed by atoms with van der Waals surface area (Å²) in [6, 6.07) is 23.2. The average Bonchev–Trinajstić information content (AvgIpc) is 3.00. The third kappa shape index (κ3) is 4.61. The SMILES string of the molecule is COC1CC(=O)C2=C(C1)Nc1cc(COc3ccccc3)ccc1NC2c1cccc(Cl)c1. The summed E-state index contributed by atoms with van der Waals surface area (Å²) < 4.78 is 11.5. The van der Waals surface area contributed by atoms with Gasteiger partial charge in [-0.1, -0.05) is 48.0 Å². The van der Waals surface area contributed by atoms with E-state index in [2.05, 4.69) is 16.7 Å². The molecule has 1 aliphatic carbocycles. The molecule has 6 heteroatoms. The van der Waals surface area contributed by atoms with Crippen LogP contribution >= 0.6 is 11.6 Å². The number of hydrogen-bond donors (Lipinski definition) is 2. The summed E-state index contributed by atoms with van der Waals surface area (Å²) in [5, 5.41) is 7.76. The van der Waals surface area contributed by atoms with E-state index in [4.69, 9.17) is 21.1 Å². The zero-order chi connectivity index (χ0) is 22.8. The molecule has 33 heavy (non-hydrogen) atoms. The molecule has 0 radical (unpaired) electrons. The normalized spacial score (nSPS) is 19.6. The molecule has 0 fully saturated rings. The molecule has 5 rings (SSSR count). The summed E-state index contributed by atoms with van der Waals surface area (Å²) in [5.74, 6) is 0.902. The van der Waals surface area contributed by atoms with Crippen LogP contribution < -0.4 is 15.4 Å². The lowest BCUT2D eigenvalue weighted by molar-refractivity contribution is -0.118. The van der Waals surface area contributed by atoms with Gasteiger partial charge in [0.2, 0.25) is 0 Å². The Morgan fingerprint density at radius 2 is 1.82 bits per heavy atom. The molecule has 2 unspecified atom stereocenters. The van der Waals surface area contributed by atoms with E-state index in [1.54, 1.807) is 7.11 Å². The van der Waals surface area contributed by atoms with Crippen LogP contribution in [0, 0.1) is 0 Å². The van der Waals surface area contributed by atoms with Gasteiger partial charge in [0, 0.05) is 36.2 Å². The van der Waals surface area contributed by atoms with E-state index in [1.165, 1.54) is 0 Å². The minimum absolute atomic E-state index is 0.0773. The number of rotatable bonds is 5. The fourth-order valence-electron chi connectivity index (χ4n) is 4.44. The number of para-hydroxylation sites is 1. The number of nitrogens with one attached hydrogen (secondary N) is 2. The molecule has 2 aliphatic rings. The lowest BCUT2D eigenvalue weighted by atomic mass is 9.85. The van der Waals surface area contributed by atoms with Crippen molar-refractivity contribution in [3.8, 4) is 5.75 Å². The Hall–Kier alpha value is -3.28. The van der Waals surface area contributed by atoms with E-state index in [0.29, 0.717) is 24.5 Å². The molecule has 0 spiro atoms. The van der Waals surface area contributed by atoms with Crippen molar-refractivity contribution in [2.75, 3.05) is 17.7 Å². The standard InChI is InChI=1S/C27H25ClN2O3/c1-32-21-14-24-26(25(31)15-21)27(18-6-5-7-19(28)13-18)30-22-11-10-17(12-23(22)29-24)16-33-20-8-3-2-4-9-20/h2-13,21,27,29-30H,14-16H2,1H3. The van der Waals surface area contributed by atoms with Crippen LogP contribution in [0.3, 0.4) is 0 Å². The van der Waals surface area contributed by atoms with Crippen molar-refractivity contribution >= 4 is 28.8 Å². The van der Waals surface area contributed by atoms with Gasteiger partial charge in [-0.05, 0) is 47.5 Å². The minimum Gasteiger partial charge on any atom is -0.489 e. The van der Waals surface area contributed by atoms with Gasteiger partial charge in [0.25, 0.3) is 0 Å². The van der Waals surface area contributed by atoms with Crippen LogP contribution in [0.25, 0.3) is 0 Å². The van der Waals surface area contributed by atoms with Gasteiger partial charge >= 0.3 is 0 Å². The van der Waals surface area contributed by atoms with E-state index >= 15 is 0 Å². The molecule has 168 valence electrons. The molecule has 5 nitrogen and oxygen atoms in total. The van der Waals surface area contributed by atoms with Crippen molar-refractivity contribution < 1.29 is 14.3 Å². The van der Waals surface area contributed by atoms with Crippen LogP contribution in [0.15, 0.2) is 84.1 Å². The maximum absolute atomic E-state index is 13.2. The summed E-state index contributed by atoms with van der Waals surface area (Å²) >= 11 is 6.29. The Kier molecular flexibility index (Phi) is 6.07. The Morgan fingerprint density at radius 3 is 2.61 bits per heavy atom. The van der Waals surface area contributed by atoms with Crippen molar-refractivity contribution in [3.63, 3.8) is 0 Å². The molecule has 0 amide bonds. The number of benzene rings is 3. The van der Waals surface area contributed by atoms with Crippen molar-refractivity contribution in [3.05, 3.63) is 100 Å². The predicted molar refractivity (Wildman–Crippen MR) is 131 cm³/mol. The summed E-state index contributed by atoms with van der Waals surface area (Å²) in [6.45, 7) is 0.447. The van der Waals surface area contributed by atoms with Crippen molar-refractivity contribution in [1.82, 2.24) is 0 Å². The lowest BCUT2D eigenvalue weighted by Gasteiger charge is -2.29. The summed E-state index contributed by atoms with van der Waals surface area (Å²) in [5.41, 5.74) is 5.43. The number of ketones is 1. The first kappa shape index (κ1) is 21.6. The molecule has 0 bridgehead atoms. The van der Waals surface area contributed by atoms with E-state index in [1.807, 2.05) is 66.7 Å². The molecule has 3 aromatic carbocycles. The first-order valence-corrected chi connectivity index (χ1v) is 11.4. The number of fused-ring (bicyclic) bond motifs is 1. The fourth-order valence-corrected chi connectivity index (χ4v) is 4.63. The van der Waals surface area contributed by atoms with Crippen molar-refractivity contribution in [1.29, 1.82) is 0 Å². The van der Waals surface area contributed by atoms with Crippen LogP contribution in [-0.4, -0.2) is 19.0 Å². The van der Waals surface area contributed by atoms with E-state index in [0.717, 1.165) is 39.5 Å². The van der Waals surface area contributed by atoms with Gasteiger partial charge < -0.3 is 20.1 Å². The number of ether oxygens (including phenoxy) is 2. The van der Waals surface area contributed by atoms with Gasteiger partial charge in [0.05, 0.1) is 23.5 Å². The molecule has 2 N–H and O–H groups in total. The quantitative estimate of drug-likeness (QED) is 0.479. The number of Topliss-reactive ketones (excluding diaryl/α,β-unsaturated/α-hetero) is 1. The van der Waals surface area contributed by atoms with Crippen molar-refractivity contribution in [2.45, 2.75) is 31.6 Å². The number of methoxy groups -OCH3 is 1. The second-order valence-electron chi connectivity index (χ2n) is 8.32. The monoisotopic (exact) mass is 460 g/mol. The number of carbonyl (C=O) groups excluding carboxylic acids is 1. The first-order chi connectivity index (χ1) is 16.1. The highest BCUT2D eigenvalue weighted by Gasteiger charge is 2.35. The van der Waals surface area contributed by atoms with Gasteiger partial charge in [0.15, 0.2) is 5.78 Å². The van der Waals surface area contributed by atoms with Gasteiger partial charge in [0.1, 0.15) is 12.4 Å². The smallest absolute Gasteiger partial charge is 0.165 e. The summed E-state index contributed by atoms with van der Waals surface area (Å²) in [6.07, 6.45) is 0.859. The lowest BCUT2D eigenvalue weighted by Crippen LogP contribution is -2.30.